The number of hydrogen-bond donors (Lipinski definition) is 1. The molecule has 0 fully saturated rings. The average Bonchev–Trinajstić information content (AvgIpc) is 3.25. The van der Waals surface area contributed by atoms with Crippen LogP contribution in [0.15, 0.2) is 58.0 Å². The lowest BCUT2D eigenvalue weighted by molar-refractivity contribution is -0.387. The summed E-state index contributed by atoms with van der Waals surface area (Å²) in [6.45, 7) is 3.61. The highest BCUT2D eigenvalue weighted by Crippen LogP contribution is 2.25. The first-order valence-corrected chi connectivity index (χ1v) is 9.57. The minimum Gasteiger partial charge on any atom is -0.467 e. The van der Waals surface area contributed by atoms with Gasteiger partial charge in [0.25, 0.3) is 5.69 Å². The molecule has 9 nitrogen and oxygen atoms in total. The number of nitrogens with zero attached hydrogens (tertiary/aromatic N) is 3. The van der Waals surface area contributed by atoms with Gasteiger partial charge in [-0.05, 0) is 38.1 Å². The third-order valence-electron chi connectivity index (χ3n) is 4.03. The molecule has 27 heavy (non-hydrogen) atoms. The van der Waals surface area contributed by atoms with E-state index in [-0.39, 0.29) is 11.4 Å². The van der Waals surface area contributed by atoms with Crippen LogP contribution in [0.2, 0.25) is 0 Å². The van der Waals surface area contributed by atoms with Crippen LogP contribution in [0, 0.1) is 24.0 Å². The number of nitro benzene ring substituents is 1. The molecule has 1 atom stereocenters. The predicted molar refractivity (Wildman–Crippen MR) is 96.8 cm³/mol. The molecule has 0 aliphatic carbocycles. The van der Waals surface area contributed by atoms with Gasteiger partial charge in [0.2, 0.25) is 10.0 Å². The molecule has 3 aromatic rings. The van der Waals surface area contributed by atoms with Crippen LogP contribution in [-0.2, 0) is 10.0 Å². The topological polar surface area (TPSA) is 120 Å². The van der Waals surface area contributed by atoms with Crippen molar-refractivity contribution in [2.75, 3.05) is 6.54 Å². The summed E-state index contributed by atoms with van der Waals surface area (Å²) in [5.41, 5.74) is 1.13. The van der Waals surface area contributed by atoms with E-state index >= 15 is 0 Å². The van der Waals surface area contributed by atoms with Crippen molar-refractivity contribution in [2.45, 2.75) is 24.8 Å². The van der Waals surface area contributed by atoms with Gasteiger partial charge in [-0.15, -0.1) is 0 Å². The summed E-state index contributed by atoms with van der Waals surface area (Å²) in [6.07, 6.45) is 1.49. The van der Waals surface area contributed by atoms with Crippen LogP contribution in [-0.4, -0.2) is 29.7 Å². The zero-order chi connectivity index (χ0) is 19.6. The van der Waals surface area contributed by atoms with Crippen molar-refractivity contribution >= 4 is 15.7 Å². The number of benzene rings is 1. The first-order chi connectivity index (χ1) is 12.8. The lowest BCUT2D eigenvalue weighted by Crippen LogP contribution is -2.32. The fourth-order valence-corrected chi connectivity index (χ4v) is 4.06. The number of aryl methyl sites for hydroxylation is 2. The quantitative estimate of drug-likeness (QED) is 0.489. The Labute approximate surface area is 155 Å². The summed E-state index contributed by atoms with van der Waals surface area (Å²) in [5, 5.41) is 15.5. The van der Waals surface area contributed by atoms with Crippen LogP contribution in [0.5, 0.6) is 0 Å². The number of hydrogen-bond acceptors (Lipinski definition) is 6. The van der Waals surface area contributed by atoms with Gasteiger partial charge in [-0.2, -0.15) is 5.10 Å². The highest BCUT2D eigenvalue weighted by Gasteiger charge is 2.28. The summed E-state index contributed by atoms with van der Waals surface area (Å²) in [5.74, 6) is 0.520. The average molecular weight is 390 g/mol. The smallest absolute Gasteiger partial charge is 0.289 e. The third kappa shape index (κ3) is 3.91. The summed E-state index contributed by atoms with van der Waals surface area (Å²) in [7, 11) is -4.11. The molecule has 1 unspecified atom stereocenters. The Morgan fingerprint density at radius 1 is 1.26 bits per heavy atom. The number of nitro groups is 1. The van der Waals surface area contributed by atoms with Crippen LogP contribution in [0.1, 0.15) is 23.2 Å². The summed E-state index contributed by atoms with van der Waals surface area (Å²) >= 11 is 0. The lowest BCUT2D eigenvalue weighted by atomic mass is 10.2. The standard InChI is InChI=1S/C17H18N4O5S/c1-12-10-13(2)20(19-12)15(16-7-5-9-26-16)11-18-27(24,25)17-8-4-3-6-14(17)21(22)23/h3-10,15,18H,11H2,1-2H3. The maximum atomic E-state index is 12.7. The Morgan fingerprint density at radius 2 is 2.00 bits per heavy atom. The van der Waals surface area contributed by atoms with Gasteiger partial charge in [0.15, 0.2) is 4.90 Å². The van der Waals surface area contributed by atoms with E-state index in [1.807, 2.05) is 19.9 Å². The SMILES string of the molecule is Cc1cc(C)n(C(CNS(=O)(=O)c2ccccc2[N+](=O)[O-])c2ccco2)n1. The van der Waals surface area contributed by atoms with Crippen molar-refractivity contribution < 1.29 is 17.8 Å². The number of nitrogens with one attached hydrogen (secondary N) is 1. The van der Waals surface area contributed by atoms with Crippen LogP contribution >= 0.6 is 0 Å². The molecule has 0 aliphatic rings. The normalized spacial score (nSPS) is 12.8. The first-order valence-electron chi connectivity index (χ1n) is 8.09. The molecule has 1 N–H and O–H groups in total. The molecule has 0 aliphatic heterocycles. The Kier molecular flexibility index (Phi) is 5.10. The van der Waals surface area contributed by atoms with Crippen molar-refractivity contribution in [2.24, 2.45) is 0 Å². The molecule has 2 heterocycles. The Hall–Kier alpha value is -2.98. The minimum absolute atomic E-state index is 0.0795. The zero-order valence-corrected chi connectivity index (χ0v) is 15.5. The molecule has 2 aromatic heterocycles. The molecule has 1 aromatic carbocycles. The Bertz CT molecular complexity index is 1060. The first kappa shape index (κ1) is 18.8. The fraction of sp³-hybridized carbons (Fsp3) is 0.235. The van der Waals surface area contributed by atoms with E-state index in [0.717, 1.165) is 17.5 Å². The van der Waals surface area contributed by atoms with Crippen LogP contribution in [0.25, 0.3) is 0 Å². The molecular formula is C17H18N4O5S. The monoisotopic (exact) mass is 390 g/mol. The number of rotatable bonds is 7. The van der Waals surface area contributed by atoms with E-state index in [2.05, 4.69) is 9.82 Å². The molecule has 142 valence electrons. The molecule has 0 saturated carbocycles. The van der Waals surface area contributed by atoms with Gasteiger partial charge >= 0.3 is 0 Å². The van der Waals surface area contributed by atoms with E-state index in [1.54, 1.807) is 16.8 Å². The number of furan rings is 1. The van der Waals surface area contributed by atoms with Crippen molar-refractivity contribution in [3.8, 4) is 0 Å². The number of sulfonamides is 1. The second kappa shape index (κ2) is 7.33. The van der Waals surface area contributed by atoms with Crippen molar-refractivity contribution in [3.63, 3.8) is 0 Å². The molecule has 0 saturated heterocycles. The summed E-state index contributed by atoms with van der Waals surface area (Å²) in [4.78, 5) is 10.0. The van der Waals surface area contributed by atoms with Gasteiger partial charge in [-0.1, -0.05) is 12.1 Å². The highest BCUT2D eigenvalue weighted by atomic mass is 32.2. The molecule has 0 amide bonds. The highest BCUT2D eigenvalue weighted by molar-refractivity contribution is 7.89. The number of para-hydroxylation sites is 1. The number of aromatic nitrogens is 2. The van der Waals surface area contributed by atoms with Gasteiger partial charge in [0.05, 0.1) is 16.9 Å². The minimum atomic E-state index is -4.11. The van der Waals surface area contributed by atoms with Crippen LogP contribution in [0.3, 0.4) is 0 Å². The van der Waals surface area contributed by atoms with E-state index in [0.29, 0.717) is 5.76 Å². The molecule has 0 spiro atoms. The molecule has 3 rings (SSSR count). The van der Waals surface area contributed by atoms with E-state index in [9.17, 15) is 18.5 Å². The third-order valence-corrected chi connectivity index (χ3v) is 5.50. The van der Waals surface area contributed by atoms with Crippen LogP contribution < -0.4 is 4.72 Å². The second-order valence-corrected chi connectivity index (χ2v) is 7.71. The van der Waals surface area contributed by atoms with Gasteiger partial charge in [0.1, 0.15) is 11.8 Å². The molecular weight excluding hydrogens is 372 g/mol. The Balaban J connectivity index is 1.92. The Morgan fingerprint density at radius 3 is 2.59 bits per heavy atom. The second-order valence-electron chi connectivity index (χ2n) is 5.98. The van der Waals surface area contributed by atoms with Gasteiger partial charge < -0.3 is 4.42 Å². The molecule has 0 radical (unpaired) electrons. The molecule has 10 heteroatoms. The van der Waals surface area contributed by atoms with E-state index in [4.69, 9.17) is 4.42 Å². The van der Waals surface area contributed by atoms with E-state index in [1.165, 1.54) is 24.5 Å². The largest absolute Gasteiger partial charge is 0.467 e. The van der Waals surface area contributed by atoms with E-state index < -0.39 is 26.7 Å². The van der Waals surface area contributed by atoms with Gasteiger partial charge in [-0.25, -0.2) is 13.1 Å². The van der Waals surface area contributed by atoms with Crippen molar-refractivity contribution in [1.29, 1.82) is 0 Å². The van der Waals surface area contributed by atoms with Gasteiger partial charge in [0, 0.05) is 18.3 Å². The zero-order valence-electron chi connectivity index (χ0n) is 14.7. The predicted octanol–water partition coefficient (Wildman–Crippen LogP) is 2.57. The maximum Gasteiger partial charge on any atom is 0.289 e. The van der Waals surface area contributed by atoms with Crippen molar-refractivity contribution in [3.05, 3.63) is 76.0 Å². The summed E-state index contributed by atoms with van der Waals surface area (Å²) < 4.78 is 34.9. The van der Waals surface area contributed by atoms with Crippen LogP contribution in [0.4, 0.5) is 5.69 Å². The fourth-order valence-electron chi connectivity index (χ4n) is 2.85. The maximum absolute atomic E-state index is 12.7. The van der Waals surface area contributed by atoms with Crippen molar-refractivity contribution in [1.82, 2.24) is 14.5 Å². The lowest BCUT2D eigenvalue weighted by Gasteiger charge is -2.18. The molecule has 0 bridgehead atoms. The van der Waals surface area contributed by atoms with Gasteiger partial charge in [-0.3, -0.25) is 14.8 Å². The summed E-state index contributed by atoms with van der Waals surface area (Å²) in [6, 6.07) is 9.96.